The number of phenols is 2. The van der Waals surface area contributed by atoms with E-state index in [1.807, 2.05) is 13.8 Å². The number of hydrogen-bond donors (Lipinski definition) is 7. The molecule has 0 saturated carbocycles. The Morgan fingerprint density at radius 3 is 2.09 bits per heavy atom. The van der Waals surface area contributed by atoms with Gasteiger partial charge in [0.2, 0.25) is 5.78 Å². The second-order valence-electron chi connectivity index (χ2n) is 11.5. The highest BCUT2D eigenvalue weighted by molar-refractivity contribution is 6.33. The van der Waals surface area contributed by atoms with Crippen molar-refractivity contribution in [2.24, 2.45) is 17.6 Å². The van der Waals surface area contributed by atoms with Crippen molar-refractivity contribution < 1.29 is 45.0 Å². The summed E-state index contributed by atoms with van der Waals surface area (Å²) in [5.41, 5.74) is 0.621. The Balaban J connectivity index is 0.000000359. The number of ketones is 2. The van der Waals surface area contributed by atoms with Crippen LogP contribution in [0.3, 0.4) is 0 Å². The molecule has 5 rings (SSSR count). The molecule has 43 heavy (non-hydrogen) atoms. The molecule has 0 spiro atoms. The van der Waals surface area contributed by atoms with E-state index >= 15 is 0 Å². The lowest BCUT2D eigenvalue weighted by molar-refractivity contribution is -0.151. The van der Waals surface area contributed by atoms with Gasteiger partial charge in [-0.15, -0.1) is 0 Å². The zero-order valence-corrected chi connectivity index (χ0v) is 25.4. The third kappa shape index (κ3) is 4.76. The Morgan fingerprint density at radius 1 is 1.02 bits per heavy atom. The maximum atomic E-state index is 13.4. The van der Waals surface area contributed by atoms with Crippen molar-refractivity contribution in [2.45, 2.75) is 44.4 Å². The second-order valence-corrected chi connectivity index (χ2v) is 12.3. The number of aliphatic hydroxyl groups is 4. The van der Waals surface area contributed by atoms with Crippen LogP contribution < -0.4 is 5.73 Å². The lowest BCUT2D eigenvalue weighted by atomic mass is 9.55. The van der Waals surface area contributed by atoms with E-state index in [2.05, 4.69) is 0 Å². The Kier molecular flexibility index (Phi) is 8.14. The van der Waals surface area contributed by atoms with Crippen LogP contribution in [-0.4, -0.2) is 78.8 Å². The van der Waals surface area contributed by atoms with Crippen molar-refractivity contribution in [2.75, 3.05) is 14.1 Å². The molecule has 0 heterocycles. The van der Waals surface area contributed by atoms with Crippen LogP contribution >= 0.6 is 23.2 Å². The smallest absolute Gasteiger partial charge is 0.255 e. The number of nitrogens with zero attached hydrogens (tertiary/aromatic N) is 1. The molecule has 2 aromatic rings. The molecule has 3 aliphatic rings. The molecule has 5 atom stereocenters. The van der Waals surface area contributed by atoms with Crippen molar-refractivity contribution in [3.63, 3.8) is 0 Å². The van der Waals surface area contributed by atoms with Gasteiger partial charge in [0.1, 0.15) is 28.6 Å². The molecule has 0 unspecified atom stereocenters. The number of amides is 1. The first-order valence-corrected chi connectivity index (χ1v) is 13.9. The number of primary amides is 1. The molecule has 13 heteroatoms. The maximum absolute atomic E-state index is 13.4. The number of hydrogen-bond acceptors (Lipinski definition) is 10. The lowest BCUT2D eigenvalue weighted by Crippen LogP contribution is -2.65. The average molecular weight is 635 g/mol. The number of carbonyl (C=O) groups is 3. The molecule has 0 aromatic heterocycles. The van der Waals surface area contributed by atoms with Gasteiger partial charge in [0.25, 0.3) is 5.91 Å². The SMILES string of the molecule is CN(C)[C@@H]1C(O)=C(C(N)=O)C(=O)[C@@]2(O)C(O)=C3C(=O)c4c(O)ccc(Cl)c4[C@@](C)(O)[C@H]3C[C@@H]12.Cc1cc(O)cc(C)c1Cl. The fourth-order valence-electron chi connectivity index (χ4n) is 6.51. The summed E-state index contributed by atoms with van der Waals surface area (Å²) in [5, 5.41) is 65.1. The summed E-state index contributed by atoms with van der Waals surface area (Å²) in [7, 11) is 3.03. The van der Waals surface area contributed by atoms with E-state index in [-0.39, 0.29) is 28.3 Å². The van der Waals surface area contributed by atoms with Crippen LogP contribution in [0, 0.1) is 25.7 Å². The Labute approximate surface area is 257 Å². The summed E-state index contributed by atoms with van der Waals surface area (Å²) in [6.45, 7) is 5.08. The number of phenolic OH excluding ortho intramolecular Hbond substituents is 2. The number of aliphatic hydroxyl groups excluding tert-OH is 2. The van der Waals surface area contributed by atoms with E-state index in [0.29, 0.717) is 0 Å². The first-order valence-electron chi connectivity index (χ1n) is 13.1. The van der Waals surface area contributed by atoms with Crippen molar-refractivity contribution in [3.8, 4) is 11.5 Å². The molecule has 8 N–H and O–H groups in total. The van der Waals surface area contributed by atoms with Gasteiger partial charge in [-0.3, -0.25) is 19.3 Å². The van der Waals surface area contributed by atoms with Crippen LogP contribution in [0.5, 0.6) is 11.5 Å². The zero-order chi connectivity index (χ0) is 32.5. The zero-order valence-electron chi connectivity index (χ0n) is 23.9. The van der Waals surface area contributed by atoms with E-state index in [1.165, 1.54) is 32.0 Å². The van der Waals surface area contributed by atoms with Gasteiger partial charge in [-0.05, 0) is 76.7 Å². The largest absolute Gasteiger partial charge is 0.510 e. The summed E-state index contributed by atoms with van der Waals surface area (Å²) >= 11 is 12.1. The lowest BCUT2D eigenvalue weighted by Gasteiger charge is -2.52. The van der Waals surface area contributed by atoms with Crippen molar-refractivity contribution in [1.82, 2.24) is 4.90 Å². The minimum absolute atomic E-state index is 0.00293. The molecular weight excluding hydrogens is 603 g/mol. The summed E-state index contributed by atoms with van der Waals surface area (Å²) in [6.07, 6.45) is -0.259. The van der Waals surface area contributed by atoms with Crippen molar-refractivity contribution in [1.29, 1.82) is 0 Å². The minimum atomic E-state index is -2.78. The normalized spacial score (nSPS) is 28.2. The van der Waals surface area contributed by atoms with E-state index in [4.69, 9.17) is 34.0 Å². The summed E-state index contributed by atoms with van der Waals surface area (Å²) in [5.74, 6) is -8.01. The predicted molar refractivity (Wildman–Crippen MR) is 157 cm³/mol. The molecule has 0 fully saturated rings. The summed E-state index contributed by atoms with van der Waals surface area (Å²) in [4.78, 5) is 40.0. The molecule has 0 bridgehead atoms. The van der Waals surface area contributed by atoms with Crippen molar-refractivity contribution in [3.05, 3.63) is 79.2 Å². The number of benzene rings is 2. The third-order valence-corrected chi connectivity index (χ3v) is 9.41. The molecule has 0 aliphatic heterocycles. The van der Waals surface area contributed by atoms with Gasteiger partial charge in [0.05, 0.1) is 17.2 Å². The van der Waals surface area contributed by atoms with Crippen molar-refractivity contribution >= 4 is 40.7 Å². The fraction of sp³-hybridized carbons (Fsp3) is 0.367. The number of nitrogens with two attached hydrogens (primary N) is 1. The molecular formula is C30H32Cl2N2O9. The molecule has 3 aliphatic carbocycles. The quantitative estimate of drug-likeness (QED) is 0.241. The Hall–Kier alpha value is -3.61. The highest BCUT2D eigenvalue weighted by Crippen LogP contribution is 2.57. The number of Topliss-reactive ketones (excluding diaryl/α,β-unsaturated/α-hetero) is 2. The van der Waals surface area contributed by atoms with E-state index in [9.17, 15) is 39.9 Å². The first kappa shape index (κ1) is 32.3. The number of aromatic hydroxyl groups is 2. The standard InChI is InChI=1S/C22H23ClN2O8.C8H9ClO/c1-21(32)7-6-8-15(25(2)3)17(28)13(20(24)31)19(30)22(8,33)18(29)11(7)16(27)12-10(26)5-4-9(23)14(12)21;1-5-3-7(10)4-6(2)8(5)9/h4-5,7-8,15,26,28-29,32-33H,6H2,1-3H3,(H2,24,31);3-4,10H,1-2H3/t7-,8-,15-,21-,22-;/m0./s1. The molecule has 11 nitrogen and oxygen atoms in total. The van der Waals surface area contributed by atoms with Crippen LogP contribution in [-0.2, 0) is 15.2 Å². The second kappa shape index (κ2) is 10.8. The van der Waals surface area contributed by atoms with E-state index in [0.717, 1.165) is 22.2 Å². The molecule has 0 radical (unpaired) electrons. The van der Waals surface area contributed by atoms with Gasteiger partial charge >= 0.3 is 0 Å². The number of fused-ring (bicyclic) bond motifs is 3. The summed E-state index contributed by atoms with van der Waals surface area (Å²) < 4.78 is 0. The van der Waals surface area contributed by atoms with E-state index in [1.54, 1.807) is 12.1 Å². The number of likely N-dealkylation sites (N-methyl/N-ethyl adjacent to an activating group) is 1. The number of rotatable bonds is 2. The van der Waals surface area contributed by atoms with Crippen LogP contribution in [0.15, 0.2) is 46.9 Å². The number of aryl methyl sites for hydroxylation is 2. The van der Waals surface area contributed by atoms with Gasteiger partial charge in [-0.1, -0.05) is 23.2 Å². The molecule has 2 aromatic carbocycles. The highest BCUT2D eigenvalue weighted by Gasteiger charge is 2.65. The fourth-order valence-corrected chi connectivity index (χ4v) is 6.97. The average Bonchev–Trinajstić information content (AvgIpc) is 2.89. The Bertz CT molecular complexity index is 1620. The van der Waals surface area contributed by atoms with Gasteiger partial charge in [-0.25, -0.2) is 0 Å². The summed E-state index contributed by atoms with van der Waals surface area (Å²) in [6, 6.07) is 4.59. The van der Waals surface area contributed by atoms with Gasteiger partial charge in [0.15, 0.2) is 11.4 Å². The van der Waals surface area contributed by atoms with Gasteiger partial charge < -0.3 is 36.4 Å². The van der Waals surface area contributed by atoms with Crippen LogP contribution in [0.4, 0.5) is 0 Å². The third-order valence-electron chi connectivity index (χ3n) is 8.49. The van der Waals surface area contributed by atoms with Crippen LogP contribution in [0.25, 0.3) is 0 Å². The van der Waals surface area contributed by atoms with Crippen LogP contribution in [0.2, 0.25) is 10.0 Å². The monoisotopic (exact) mass is 634 g/mol. The van der Waals surface area contributed by atoms with Gasteiger partial charge in [0, 0.05) is 33.0 Å². The van der Waals surface area contributed by atoms with Gasteiger partial charge in [-0.2, -0.15) is 0 Å². The van der Waals surface area contributed by atoms with E-state index < -0.39 is 75.0 Å². The topological polar surface area (TPSA) is 202 Å². The molecule has 1 amide bonds. The first-order chi connectivity index (χ1) is 19.8. The number of halogens is 2. The number of carbonyl (C=O) groups excluding carboxylic acids is 3. The molecule has 0 saturated heterocycles. The minimum Gasteiger partial charge on any atom is -0.510 e. The predicted octanol–water partition coefficient (Wildman–Crippen LogP) is 3.10. The highest BCUT2D eigenvalue weighted by atomic mass is 35.5. The van der Waals surface area contributed by atoms with Crippen LogP contribution in [0.1, 0.15) is 40.4 Å². The maximum Gasteiger partial charge on any atom is 0.255 e. The molecule has 230 valence electrons. The Morgan fingerprint density at radius 2 is 1.58 bits per heavy atom.